The Balaban J connectivity index is 2.55. The van der Waals surface area contributed by atoms with Crippen molar-refractivity contribution in [3.05, 3.63) is 22.9 Å². The summed E-state index contributed by atoms with van der Waals surface area (Å²) in [6, 6.07) is 1.01. The van der Waals surface area contributed by atoms with E-state index in [1.165, 1.54) is 13.1 Å². The highest BCUT2D eigenvalue weighted by molar-refractivity contribution is 9.10. The Bertz CT molecular complexity index is 327. The zero-order chi connectivity index (χ0) is 11.5. The van der Waals surface area contributed by atoms with E-state index < -0.39 is 18.6 Å². The van der Waals surface area contributed by atoms with Gasteiger partial charge in [0.1, 0.15) is 0 Å². The fourth-order valence-corrected chi connectivity index (χ4v) is 1.54. The highest BCUT2D eigenvalue weighted by Gasteiger charge is 2.29. The molecule has 1 aromatic heterocycles. The van der Waals surface area contributed by atoms with Crippen LogP contribution in [0.3, 0.4) is 0 Å². The third kappa shape index (κ3) is 5.01. The molecule has 0 aliphatic rings. The predicted octanol–water partition coefficient (Wildman–Crippen LogP) is 3.60. The molecule has 0 spiro atoms. The molecule has 1 N–H and O–H groups in total. The lowest BCUT2D eigenvalue weighted by atomic mass is 10.2. The Kier molecular flexibility index (Phi) is 3.96. The SMILES string of the molecule is CC(CC(F)(F)F)Nc1cncc(Br)c1. The number of nitrogens with zero attached hydrogens (tertiary/aromatic N) is 1. The van der Waals surface area contributed by atoms with E-state index in [1.807, 2.05) is 0 Å². The lowest BCUT2D eigenvalue weighted by Gasteiger charge is -2.16. The maximum atomic E-state index is 12.0. The fourth-order valence-electron chi connectivity index (χ4n) is 1.17. The van der Waals surface area contributed by atoms with Gasteiger partial charge in [-0.15, -0.1) is 0 Å². The van der Waals surface area contributed by atoms with Crippen LogP contribution in [-0.2, 0) is 0 Å². The summed E-state index contributed by atoms with van der Waals surface area (Å²) in [6.07, 6.45) is -1.96. The molecule has 1 rings (SSSR count). The average molecular weight is 283 g/mol. The number of rotatable bonds is 3. The summed E-state index contributed by atoms with van der Waals surface area (Å²) in [4.78, 5) is 3.84. The van der Waals surface area contributed by atoms with E-state index in [0.29, 0.717) is 5.69 Å². The summed E-state index contributed by atoms with van der Waals surface area (Å²) in [5.41, 5.74) is 0.570. The first kappa shape index (κ1) is 12.3. The van der Waals surface area contributed by atoms with Crippen LogP contribution >= 0.6 is 15.9 Å². The van der Waals surface area contributed by atoms with Crippen molar-refractivity contribution in [3.8, 4) is 0 Å². The smallest absolute Gasteiger partial charge is 0.381 e. The summed E-state index contributed by atoms with van der Waals surface area (Å²) in [7, 11) is 0. The van der Waals surface area contributed by atoms with Gasteiger partial charge in [0.25, 0.3) is 0 Å². The molecule has 0 saturated heterocycles. The van der Waals surface area contributed by atoms with Gasteiger partial charge in [-0.1, -0.05) is 0 Å². The third-order valence-electron chi connectivity index (χ3n) is 1.66. The van der Waals surface area contributed by atoms with Crippen molar-refractivity contribution >= 4 is 21.6 Å². The molecular formula is C9H10BrF3N2. The number of anilines is 1. The summed E-state index contributed by atoms with van der Waals surface area (Å²) < 4.78 is 36.8. The van der Waals surface area contributed by atoms with Gasteiger partial charge >= 0.3 is 6.18 Å². The van der Waals surface area contributed by atoms with E-state index in [-0.39, 0.29) is 0 Å². The largest absolute Gasteiger partial charge is 0.391 e. The van der Waals surface area contributed by atoms with Crippen LogP contribution in [0.25, 0.3) is 0 Å². The van der Waals surface area contributed by atoms with Gasteiger partial charge in [-0.2, -0.15) is 13.2 Å². The highest BCUT2D eigenvalue weighted by atomic mass is 79.9. The molecule has 1 heterocycles. The molecule has 0 saturated carbocycles. The van der Waals surface area contributed by atoms with Gasteiger partial charge in [-0.05, 0) is 28.9 Å². The standard InChI is InChI=1S/C9H10BrF3N2/c1-6(3-9(11,12)13)15-8-2-7(10)4-14-5-8/h2,4-6,15H,3H2,1H3. The number of hydrogen-bond acceptors (Lipinski definition) is 2. The summed E-state index contributed by atoms with van der Waals surface area (Å²) in [5, 5.41) is 2.73. The summed E-state index contributed by atoms with van der Waals surface area (Å²) in [6.45, 7) is 1.48. The quantitative estimate of drug-likeness (QED) is 0.916. The molecule has 1 unspecified atom stereocenters. The van der Waals surface area contributed by atoms with E-state index in [1.54, 1.807) is 12.3 Å². The first-order valence-corrected chi connectivity index (χ1v) is 5.10. The van der Waals surface area contributed by atoms with Crippen molar-refractivity contribution in [2.75, 3.05) is 5.32 Å². The van der Waals surface area contributed by atoms with Crippen LogP contribution in [0.15, 0.2) is 22.9 Å². The van der Waals surface area contributed by atoms with Crippen molar-refractivity contribution in [1.82, 2.24) is 4.98 Å². The van der Waals surface area contributed by atoms with Crippen LogP contribution in [0, 0.1) is 0 Å². The van der Waals surface area contributed by atoms with Gasteiger partial charge in [0.05, 0.1) is 18.3 Å². The number of pyridine rings is 1. The topological polar surface area (TPSA) is 24.9 Å². The molecule has 0 bridgehead atoms. The van der Waals surface area contributed by atoms with E-state index in [4.69, 9.17) is 0 Å². The molecule has 15 heavy (non-hydrogen) atoms. The molecule has 0 aromatic carbocycles. The molecule has 0 fully saturated rings. The number of alkyl halides is 3. The van der Waals surface area contributed by atoms with Crippen molar-refractivity contribution in [1.29, 1.82) is 0 Å². The lowest BCUT2D eigenvalue weighted by Crippen LogP contribution is -2.23. The van der Waals surface area contributed by atoms with Crippen molar-refractivity contribution in [2.24, 2.45) is 0 Å². The zero-order valence-corrected chi connectivity index (χ0v) is 9.56. The van der Waals surface area contributed by atoms with Crippen molar-refractivity contribution < 1.29 is 13.2 Å². The third-order valence-corrected chi connectivity index (χ3v) is 2.09. The Morgan fingerprint density at radius 2 is 2.13 bits per heavy atom. The molecule has 1 aromatic rings. The lowest BCUT2D eigenvalue weighted by molar-refractivity contribution is -0.136. The molecular weight excluding hydrogens is 273 g/mol. The molecule has 6 heteroatoms. The second-order valence-electron chi connectivity index (χ2n) is 3.26. The highest BCUT2D eigenvalue weighted by Crippen LogP contribution is 2.23. The maximum absolute atomic E-state index is 12.0. The Morgan fingerprint density at radius 1 is 1.47 bits per heavy atom. The van der Waals surface area contributed by atoms with Gasteiger partial charge in [0.15, 0.2) is 0 Å². The molecule has 0 aliphatic carbocycles. The number of halogens is 4. The van der Waals surface area contributed by atoms with Crippen LogP contribution in [0.4, 0.5) is 18.9 Å². The molecule has 0 radical (unpaired) electrons. The molecule has 84 valence electrons. The minimum Gasteiger partial charge on any atom is -0.381 e. The van der Waals surface area contributed by atoms with Crippen LogP contribution in [-0.4, -0.2) is 17.2 Å². The van der Waals surface area contributed by atoms with E-state index in [0.717, 1.165) is 4.47 Å². The van der Waals surface area contributed by atoms with Gasteiger partial charge in [-0.25, -0.2) is 0 Å². The second-order valence-corrected chi connectivity index (χ2v) is 4.17. The van der Waals surface area contributed by atoms with Crippen molar-refractivity contribution in [3.63, 3.8) is 0 Å². The maximum Gasteiger partial charge on any atom is 0.391 e. The Labute approximate surface area is 94.0 Å². The van der Waals surface area contributed by atoms with Gasteiger partial charge in [0, 0.05) is 16.7 Å². The normalized spacial score (nSPS) is 13.7. The van der Waals surface area contributed by atoms with Gasteiger partial charge < -0.3 is 5.32 Å². The average Bonchev–Trinajstić information content (AvgIpc) is 1.99. The van der Waals surface area contributed by atoms with Crippen molar-refractivity contribution in [2.45, 2.75) is 25.6 Å². The monoisotopic (exact) mass is 282 g/mol. The van der Waals surface area contributed by atoms with Crippen LogP contribution < -0.4 is 5.32 Å². The van der Waals surface area contributed by atoms with E-state index in [9.17, 15) is 13.2 Å². The molecule has 0 aliphatic heterocycles. The molecule has 1 atom stereocenters. The number of aromatic nitrogens is 1. The first-order chi connectivity index (χ1) is 6.87. The fraction of sp³-hybridized carbons (Fsp3) is 0.444. The minimum atomic E-state index is -4.15. The van der Waals surface area contributed by atoms with Crippen LogP contribution in [0.5, 0.6) is 0 Å². The molecule has 2 nitrogen and oxygen atoms in total. The predicted molar refractivity (Wildman–Crippen MR) is 55.7 cm³/mol. The Hall–Kier alpha value is -0.780. The second kappa shape index (κ2) is 4.83. The van der Waals surface area contributed by atoms with E-state index in [2.05, 4.69) is 26.2 Å². The first-order valence-electron chi connectivity index (χ1n) is 4.30. The van der Waals surface area contributed by atoms with Crippen LogP contribution in [0.2, 0.25) is 0 Å². The van der Waals surface area contributed by atoms with Crippen LogP contribution in [0.1, 0.15) is 13.3 Å². The van der Waals surface area contributed by atoms with Gasteiger partial charge in [-0.3, -0.25) is 4.98 Å². The molecule has 0 amide bonds. The summed E-state index contributed by atoms with van der Waals surface area (Å²) >= 11 is 3.19. The number of nitrogens with one attached hydrogen (secondary N) is 1. The minimum absolute atomic E-state index is 0.570. The van der Waals surface area contributed by atoms with E-state index >= 15 is 0 Å². The summed E-state index contributed by atoms with van der Waals surface area (Å²) in [5.74, 6) is 0. The zero-order valence-electron chi connectivity index (χ0n) is 7.98. The number of hydrogen-bond donors (Lipinski definition) is 1. The van der Waals surface area contributed by atoms with Gasteiger partial charge in [0.2, 0.25) is 0 Å². The Morgan fingerprint density at radius 3 is 2.67 bits per heavy atom.